The minimum Gasteiger partial charge on any atom is -0.480 e. The normalized spacial score (nSPS) is 14.3. The van der Waals surface area contributed by atoms with E-state index in [2.05, 4.69) is 79.9 Å². The van der Waals surface area contributed by atoms with Gasteiger partial charge in [0.05, 0.1) is 13.2 Å². The molecule has 4 N–H and O–H groups in total. The largest absolute Gasteiger partial charge is 0.480 e. The number of carboxylic acid groups (broad SMARTS) is 1. The molecular weight excluding hydrogens is 781 g/mol. The average Bonchev–Trinajstić information content (AvgIpc) is 3.22. The van der Waals surface area contributed by atoms with Crippen LogP contribution in [0.5, 0.6) is 0 Å². The molecule has 0 fully saturated rings. The van der Waals surface area contributed by atoms with Crippen LogP contribution in [0.25, 0.3) is 0 Å². The summed E-state index contributed by atoms with van der Waals surface area (Å²) in [5.41, 5.74) is 0. The van der Waals surface area contributed by atoms with E-state index in [1.807, 2.05) is 12.2 Å². The number of aliphatic hydroxyl groups excluding tert-OH is 1. The van der Waals surface area contributed by atoms with Crippen molar-refractivity contribution >= 4 is 25.7 Å². The fraction of sp³-hybridized carbons (Fsp3) is 0.688. The highest BCUT2D eigenvalue weighted by Crippen LogP contribution is 2.43. The molecule has 0 heterocycles. The zero-order valence-electron chi connectivity index (χ0n) is 37.2. The molecule has 12 heteroatoms. The van der Waals surface area contributed by atoms with Gasteiger partial charge >= 0.3 is 19.8 Å². The lowest BCUT2D eigenvalue weighted by Crippen LogP contribution is -2.43. The zero-order valence-corrected chi connectivity index (χ0v) is 38.1. The van der Waals surface area contributed by atoms with Gasteiger partial charge in [-0.3, -0.25) is 18.6 Å². The number of nitrogens with one attached hydrogen (secondary N) is 1. The van der Waals surface area contributed by atoms with Crippen LogP contribution in [-0.4, -0.2) is 64.9 Å². The predicted octanol–water partition coefficient (Wildman–Crippen LogP) is 12.1. The molecule has 3 atom stereocenters. The standard InChI is InChI=1S/C48H82NO10P/c1-3-5-7-9-11-13-15-17-19-21-22-24-26-28-30-32-34-36-38-40-47(52)57-41-44(50)42-58-60(55,56)59-43-45(48(53)54)49-46(51)39-37-35-33-31-29-27-25-23-20-18-16-14-12-10-8-6-4-2/h6,8,12,14,17-20,25,27,31,33,44-45,50H,3-5,7,9-11,13,15-16,21-24,26,28-30,32,34-43H2,1-2H3,(H,49,51)(H,53,54)(H,55,56)/b8-6-,14-12-,19-17+,20-18-,27-25-,33-31-. The molecule has 0 aliphatic rings. The summed E-state index contributed by atoms with van der Waals surface area (Å²) in [6.45, 7) is 2.43. The van der Waals surface area contributed by atoms with Gasteiger partial charge in [-0.2, -0.15) is 0 Å². The maximum Gasteiger partial charge on any atom is 0.472 e. The van der Waals surface area contributed by atoms with E-state index in [9.17, 15) is 34.1 Å². The number of aliphatic carboxylic acids is 1. The third-order valence-corrected chi connectivity index (χ3v) is 10.4. The molecule has 0 saturated heterocycles. The van der Waals surface area contributed by atoms with Crippen molar-refractivity contribution in [1.82, 2.24) is 5.32 Å². The highest BCUT2D eigenvalue weighted by atomic mass is 31.2. The number of allylic oxidation sites excluding steroid dienone is 12. The minimum atomic E-state index is -4.78. The Bertz CT molecular complexity index is 1290. The van der Waals surface area contributed by atoms with Gasteiger partial charge in [-0.1, -0.05) is 164 Å². The van der Waals surface area contributed by atoms with Gasteiger partial charge in [-0.05, 0) is 77.0 Å². The second-order valence-corrected chi connectivity index (χ2v) is 16.7. The average molecular weight is 864 g/mol. The number of carboxylic acids is 1. The monoisotopic (exact) mass is 864 g/mol. The van der Waals surface area contributed by atoms with Gasteiger partial charge in [-0.15, -0.1) is 0 Å². The Hall–Kier alpha value is -3.08. The van der Waals surface area contributed by atoms with Crippen molar-refractivity contribution in [3.8, 4) is 0 Å². The first kappa shape index (κ1) is 56.9. The Morgan fingerprint density at radius 2 is 0.983 bits per heavy atom. The van der Waals surface area contributed by atoms with Crippen LogP contribution in [0.4, 0.5) is 0 Å². The van der Waals surface area contributed by atoms with Gasteiger partial charge in [0.25, 0.3) is 0 Å². The van der Waals surface area contributed by atoms with E-state index in [0.717, 1.165) is 51.4 Å². The summed E-state index contributed by atoms with van der Waals surface area (Å²) in [5, 5.41) is 21.8. The number of aliphatic hydroxyl groups is 1. The molecule has 0 aromatic carbocycles. The zero-order chi connectivity index (χ0) is 44.2. The van der Waals surface area contributed by atoms with Crippen LogP contribution in [0.15, 0.2) is 72.9 Å². The Kier molecular flexibility index (Phi) is 40.4. The Balaban J connectivity index is 3.95. The second kappa shape index (κ2) is 42.6. The summed E-state index contributed by atoms with van der Waals surface area (Å²) in [6, 6.07) is -1.58. The summed E-state index contributed by atoms with van der Waals surface area (Å²) in [7, 11) is -4.78. The van der Waals surface area contributed by atoms with Gasteiger partial charge in [0.15, 0.2) is 6.04 Å². The summed E-state index contributed by atoms with van der Waals surface area (Å²) < 4.78 is 26.8. The fourth-order valence-electron chi connectivity index (χ4n) is 5.93. The number of carbonyl (C=O) groups excluding carboxylic acids is 2. The summed E-state index contributed by atoms with van der Waals surface area (Å²) >= 11 is 0. The maximum absolute atomic E-state index is 12.3. The molecule has 0 saturated carbocycles. The van der Waals surface area contributed by atoms with E-state index in [4.69, 9.17) is 13.8 Å². The lowest BCUT2D eigenvalue weighted by molar-refractivity contribution is -0.147. The smallest absolute Gasteiger partial charge is 0.472 e. The van der Waals surface area contributed by atoms with E-state index in [1.165, 1.54) is 83.5 Å². The minimum absolute atomic E-state index is 0.0638. The first-order chi connectivity index (χ1) is 29.1. The number of hydrogen-bond acceptors (Lipinski definition) is 8. The van der Waals surface area contributed by atoms with Crippen LogP contribution in [0.1, 0.15) is 181 Å². The first-order valence-corrected chi connectivity index (χ1v) is 24.5. The van der Waals surface area contributed by atoms with E-state index < -0.39 is 57.6 Å². The van der Waals surface area contributed by atoms with Crippen molar-refractivity contribution in [1.29, 1.82) is 0 Å². The lowest BCUT2D eigenvalue weighted by Gasteiger charge is -2.18. The molecule has 0 aliphatic carbocycles. The first-order valence-electron chi connectivity index (χ1n) is 23.0. The maximum atomic E-state index is 12.3. The molecule has 0 spiro atoms. The Morgan fingerprint density at radius 3 is 1.50 bits per heavy atom. The molecule has 344 valence electrons. The molecule has 60 heavy (non-hydrogen) atoms. The molecule has 0 bridgehead atoms. The molecule has 11 nitrogen and oxygen atoms in total. The summed E-state index contributed by atoms with van der Waals surface area (Å²) in [4.78, 5) is 45.9. The number of unbranched alkanes of at least 4 members (excludes halogenated alkanes) is 16. The molecular formula is C48H82NO10P. The van der Waals surface area contributed by atoms with Crippen LogP contribution in [0.2, 0.25) is 0 Å². The number of amides is 1. The van der Waals surface area contributed by atoms with Crippen LogP contribution in [-0.2, 0) is 32.7 Å². The molecule has 0 aliphatic heterocycles. The molecule has 0 aromatic rings. The third-order valence-electron chi connectivity index (χ3n) is 9.48. The Labute approximate surface area is 363 Å². The highest BCUT2D eigenvalue weighted by Gasteiger charge is 2.28. The highest BCUT2D eigenvalue weighted by molar-refractivity contribution is 7.47. The van der Waals surface area contributed by atoms with Crippen molar-refractivity contribution in [3.05, 3.63) is 72.9 Å². The molecule has 0 radical (unpaired) electrons. The summed E-state index contributed by atoms with van der Waals surface area (Å²) in [5.74, 6) is -2.46. The van der Waals surface area contributed by atoms with Crippen molar-refractivity contribution < 1.29 is 47.8 Å². The van der Waals surface area contributed by atoms with E-state index in [1.54, 1.807) is 0 Å². The number of phosphoric acid groups is 1. The van der Waals surface area contributed by atoms with Gasteiger partial charge in [0.1, 0.15) is 12.7 Å². The third kappa shape index (κ3) is 41.6. The fourth-order valence-corrected chi connectivity index (χ4v) is 6.71. The number of phosphoric ester groups is 1. The van der Waals surface area contributed by atoms with Crippen LogP contribution >= 0.6 is 7.82 Å². The summed E-state index contributed by atoms with van der Waals surface area (Å²) in [6.07, 6.45) is 50.8. The van der Waals surface area contributed by atoms with Crippen molar-refractivity contribution in [2.24, 2.45) is 0 Å². The van der Waals surface area contributed by atoms with Gasteiger partial charge < -0.3 is 25.2 Å². The van der Waals surface area contributed by atoms with Crippen molar-refractivity contribution in [2.75, 3.05) is 19.8 Å². The Morgan fingerprint density at radius 1 is 0.550 bits per heavy atom. The molecule has 1 amide bonds. The van der Waals surface area contributed by atoms with Crippen LogP contribution < -0.4 is 5.32 Å². The SMILES string of the molecule is CC/C=C\C/C=C\C/C=C\C/C=C\C/C=C\CCCC(=O)NC(COP(=O)(O)OCC(O)COC(=O)CCCCCCCCCCC/C=C/CCCCCCCC)C(=O)O. The number of rotatable bonds is 42. The van der Waals surface area contributed by atoms with Crippen molar-refractivity contribution in [2.45, 2.75) is 193 Å². The van der Waals surface area contributed by atoms with E-state index in [0.29, 0.717) is 19.3 Å². The number of hydrogen-bond donors (Lipinski definition) is 4. The number of ether oxygens (including phenoxy) is 1. The van der Waals surface area contributed by atoms with Crippen molar-refractivity contribution in [3.63, 3.8) is 0 Å². The van der Waals surface area contributed by atoms with E-state index >= 15 is 0 Å². The van der Waals surface area contributed by atoms with Gasteiger partial charge in [0.2, 0.25) is 5.91 Å². The van der Waals surface area contributed by atoms with Gasteiger partial charge in [-0.25, -0.2) is 9.36 Å². The predicted molar refractivity (Wildman–Crippen MR) is 244 cm³/mol. The lowest BCUT2D eigenvalue weighted by atomic mass is 10.1. The number of carbonyl (C=O) groups is 3. The molecule has 0 aromatic heterocycles. The quantitative estimate of drug-likeness (QED) is 0.0201. The molecule has 0 rings (SSSR count). The van der Waals surface area contributed by atoms with Gasteiger partial charge in [0, 0.05) is 12.8 Å². The number of esters is 1. The van der Waals surface area contributed by atoms with Crippen LogP contribution in [0.3, 0.4) is 0 Å². The second-order valence-electron chi connectivity index (χ2n) is 15.2. The van der Waals surface area contributed by atoms with Crippen LogP contribution in [0, 0.1) is 0 Å². The van der Waals surface area contributed by atoms with E-state index in [-0.39, 0.29) is 12.8 Å². The molecule has 3 unspecified atom stereocenters. The topological polar surface area (TPSA) is 169 Å².